The molecule has 5 heteroatoms. The number of nitrogens with two attached hydrogens (primary N) is 1. The zero-order chi connectivity index (χ0) is 11.7. The van der Waals surface area contributed by atoms with E-state index in [1.54, 1.807) is 0 Å². The van der Waals surface area contributed by atoms with Crippen molar-refractivity contribution in [2.24, 2.45) is 5.73 Å². The van der Waals surface area contributed by atoms with Crippen LogP contribution in [0.15, 0.2) is 24.3 Å². The number of carboxylic acids is 1. The lowest BCUT2D eigenvalue weighted by Crippen LogP contribution is -2.06. The minimum atomic E-state index is -1.12. The molecule has 0 unspecified atom stereocenters. The van der Waals surface area contributed by atoms with E-state index in [0.717, 1.165) is 0 Å². The van der Waals surface area contributed by atoms with Crippen LogP contribution in [-0.4, -0.2) is 16.1 Å². The number of carbonyl (C=O) groups is 1. The van der Waals surface area contributed by atoms with Crippen molar-refractivity contribution in [3.8, 4) is 0 Å². The van der Waals surface area contributed by atoms with Gasteiger partial charge in [0.25, 0.3) is 0 Å². The van der Waals surface area contributed by atoms with Gasteiger partial charge in [-0.25, -0.2) is 14.2 Å². The van der Waals surface area contributed by atoms with Crippen LogP contribution >= 0.6 is 0 Å². The molecule has 0 aliphatic heterocycles. The summed E-state index contributed by atoms with van der Waals surface area (Å²) >= 11 is 0. The van der Waals surface area contributed by atoms with Gasteiger partial charge in [-0.1, -0.05) is 12.1 Å². The molecule has 0 amide bonds. The molecule has 1 aromatic heterocycles. The standard InChI is InChI=1S/C11H9FN2O2/c12-9-3-1-2-7-8(11(15)16)4-6(5-13)14-10(7)9/h1-4H,5,13H2,(H,15,16). The first-order chi connectivity index (χ1) is 7.63. The second-order valence-electron chi connectivity index (χ2n) is 3.31. The molecule has 0 bridgehead atoms. The fourth-order valence-corrected chi connectivity index (χ4v) is 1.55. The number of hydrogen-bond acceptors (Lipinski definition) is 3. The van der Waals surface area contributed by atoms with Crippen molar-refractivity contribution < 1.29 is 14.3 Å². The Morgan fingerprint density at radius 3 is 2.88 bits per heavy atom. The number of aromatic nitrogens is 1. The third-order valence-electron chi connectivity index (χ3n) is 2.28. The van der Waals surface area contributed by atoms with Gasteiger partial charge in [0.05, 0.1) is 11.3 Å². The molecule has 0 radical (unpaired) electrons. The molecule has 0 atom stereocenters. The molecule has 16 heavy (non-hydrogen) atoms. The molecule has 0 saturated heterocycles. The number of carboxylic acid groups (broad SMARTS) is 1. The third kappa shape index (κ3) is 1.61. The SMILES string of the molecule is NCc1cc(C(=O)O)c2cccc(F)c2n1. The van der Waals surface area contributed by atoms with Crippen LogP contribution in [0.4, 0.5) is 4.39 Å². The highest BCUT2D eigenvalue weighted by molar-refractivity contribution is 6.02. The van der Waals surface area contributed by atoms with Crippen LogP contribution in [0.5, 0.6) is 0 Å². The van der Waals surface area contributed by atoms with Gasteiger partial charge in [0.1, 0.15) is 11.3 Å². The van der Waals surface area contributed by atoms with Gasteiger partial charge in [0.15, 0.2) is 0 Å². The zero-order valence-corrected chi connectivity index (χ0v) is 8.27. The number of aromatic carboxylic acids is 1. The van der Waals surface area contributed by atoms with E-state index >= 15 is 0 Å². The van der Waals surface area contributed by atoms with Gasteiger partial charge in [-0.05, 0) is 12.1 Å². The Kier molecular flexibility index (Phi) is 2.54. The summed E-state index contributed by atoms with van der Waals surface area (Å²) in [4.78, 5) is 15.0. The number of para-hydroxylation sites is 1. The van der Waals surface area contributed by atoms with Gasteiger partial charge in [0, 0.05) is 11.9 Å². The Morgan fingerprint density at radius 2 is 2.25 bits per heavy atom. The first-order valence-corrected chi connectivity index (χ1v) is 4.65. The lowest BCUT2D eigenvalue weighted by Gasteiger charge is -2.05. The Hall–Kier alpha value is -2.01. The van der Waals surface area contributed by atoms with E-state index in [1.807, 2.05) is 0 Å². The Bertz CT molecular complexity index is 569. The average Bonchev–Trinajstić information content (AvgIpc) is 2.28. The van der Waals surface area contributed by atoms with Gasteiger partial charge in [-0.15, -0.1) is 0 Å². The summed E-state index contributed by atoms with van der Waals surface area (Å²) in [6.07, 6.45) is 0. The molecular formula is C11H9FN2O2. The van der Waals surface area contributed by atoms with E-state index in [-0.39, 0.29) is 23.0 Å². The van der Waals surface area contributed by atoms with Crippen LogP contribution in [0, 0.1) is 5.82 Å². The highest BCUT2D eigenvalue weighted by Gasteiger charge is 2.13. The monoisotopic (exact) mass is 220 g/mol. The van der Waals surface area contributed by atoms with Crippen molar-refractivity contribution in [3.05, 3.63) is 41.3 Å². The number of benzene rings is 1. The highest BCUT2D eigenvalue weighted by Crippen LogP contribution is 2.20. The van der Waals surface area contributed by atoms with Gasteiger partial charge in [-0.2, -0.15) is 0 Å². The van der Waals surface area contributed by atoms with E-state index < -0.39 is 11.8 Å². The molecule has 3 N–H and O–H groups in total. The second kappa shape index (κ2) is 3.86. The highest BCUT2D eigenvalue weighted by atomic mass is 19.1. The van der Waals surface area contributed by atoms with Crippen molar-refractivity contribution in [2.45, 2.75) is 6.54 Å². The minimum Gasteiger partial charge on any atom is -0.478 e. The lowest BCUT2D eigenvalue weighted by molar-refractivity contribution is 0.0699. The summed E-state index contributed by atoms with van der Waals surface area (Å²) in [5.74, 6) is -1.66. The van der Waals surface area contributed by atoms with E-state index in [0.29, 0.717) is 5.69 Å². The molecule has 82 valence electrons. The zero-order valence-electron chi connectivity index (χ0n) is 8.27. The average molecular weight is 220 g/mol. The van der Waals surface area contributed by atoms with Gasteiger partial charge < -0.3 is 10.8 Å². The minimum absolute atomic E-state index is 0.0185. The van der Waals surface area contributed by atoms with Crippen molar-refractivity contribution in [1.29, 1.82) is 0 Å². The first kappa shape index (κ1) is 10.5. The number of pyridine rings is 1. The maximum atomic E-state index is 13.4. The first-order valence-electron chi connectivity index (χ1n) is 4.65. The number of fused-ring (bicyclic) bond motifs is 1. The molecule has 4 nitrogen and oxygen atoms in total. The van der Waals surface area contributed by atoms with Crippen LogP contribution < -0.4 is 5.73 Å². The molecule has 0 spiro atoms. The van der Waals surface area contributed by atoms with Gasteiger partial charge in [0.2, 0.25) is 0 Å². The van der Waals surface area contributed by atoms with E-state index in [1.165, 1.54) is 24.3 Å². The molecule has 1 aromatic carbocycles. The molecule has 0 aliphatic rings. The maximum absolute atomic E-state index is 13.4. The number of hydrogen-bond donors (Lipinski definition) is 2. The quantitative estimate of drug-likeness (QED) is 0.804. The molecule has 2 aromatic rings. The maximum Gasteiger partial charge on any atom is 0.336 e. The predicted molar refractivity (Wildman–Crippen MR) is 56.6 cm³/mol. The van der Waals surface area contributed by atoms with Crippen molar-refractivity contribution >= 4 is 16.9 Å². The third-order valence-corrected chi connectivity index (χ3v) is 2.28. The summed E-state index contributed by atoms with van der Waals surface area (Å²) in [5.41, 5.74) is 5.80. The normalized spacial score (nSPS) is 10.6. The molecule has 0 aliphatic carbocycles. The summed E-state index contributed by atoms with van der Waals surface area (Å²) in [5, 5.41) is 9.28. The Labute approximate surface area is 90.5 Å². The Morgan fingerprint density at radius 1 is 1.50 bits per heavy atom. The molecule has 1 heterocycles. The van der Waals surface area contributed by atoms with Crippen LogP contribution in [-0.2, 0) is 6.54 Å². The largest absolute Gasteiger partial charge is 0.478 e. The van der Waals surface area contributed by atoms with Crippen LogP contribution in [0.2, 0.25) is 0 Å². The molecule has 0 fully saturated rings. The summed E-state index contributed by atoms with van der Waals surface area (Å²) < 4.78 is 13.4. The summed E-state index contributed by atoms with van der Waals surface area (Å²) in [6.45, 7) is 0.0740. The fourth-order valence-electron chi connectivity index (χ4n) is 1.55. The smallest absolute Gasteiger partial charge is 0.336 e. The molecular weight excluding hydrogens is 211 g/mol. The van der Waals surface area contributed by atoms with E-state index in [9.17, 15) is 9.18 Å². The van der Waals surface area contributed by atoms with Crippen LogP contribution in [0.25, 0.3) is 10.9 Å². The fraction of sp³-hybridized carbons (Fsp3) is 0.0909. The van der Waals surface area contributed by atoms with Crippen molar-refractivity contribution in [2.75, 3.05) is 0 Å². The second-order valence-corrected chi connectivity index (χ2v) is 3.31. The predicted octanol–water partition coefficient (Wildman–Crippen LogP) is 1.53. The van der Waals surface area contributed by atoms with Crippen LogP contribution in [0.1, 0.15) is 16.1 Å². The number of nitrogens with zero attached hydrogens (tertiary/aromatic N) is 1. The van der Waals surface area contributed by atoms with Gasteiger partial charge >= 0.3 is 5.97 Å². The van der Waals surface area contributed by atoms with Gasteiger partial charge in [-0.3, -0.25) is 0 Å². The summed E-state index contributed by atoms with van der Waals surface area (Å²) in [7, 11) is 0. The van der Waals surface area contributed by atoms with Crippen molar-refractivity contribution in [3.63, 3.8) is 0 Å². The molecule has 2 rings (SSSR count). The van der Waals surface area contributed by atoms with E-state index in [2.05, 4.69) is 4.98 Å². The van der Waals surface area contributed by atoms with Crippen LogP contribution in [0.3, 0.4) is 0 Å². The van der Waals surface area contributed by atoms with Crippen molar-refractivity contribution in [1.82, 2.24) is 4.98 Å². The molecule has 0 saturated carbocycles. The van der Waals surface area contributed by atoms with E-state index in [4.69, 9.17) is 10.8 Å². The number of halogens is 1. The topological polar surface area (TPSA) is 76.2 Å². The lowest BCUT2D eigenvalue weighted by atomic mass is 10.1. The number of rotatable bonds is 2. The summed E-state index contributed by atoms with van der Waals surface area (Å²) in [6, 6.07) is 5.58. The Balaban J connectivity index is 2.87.